The minimum absolute atomic E-state index is 0.768. The maximum absolute atomic E-state index is 4.72. The summed E-state index contributed by atoms with van der Waals surface area (Å²) in [4.78, 5) is 9.76. The molecule has 0 atom stereocenters. The number of hydrogen-bond donors (Lipinski definition) is 0. The predicted octanol–water partition coefficient (Wildman–Crippen LogP) is 4.80. The van der Waals surface area contributed by atoms with Crippen molar-refractivity contribution in [3.63, 3.8) is 0 Å². The van der Waals surface area contributed by atoms with Crippen LogP contribution >= 0.6 is 11.5 Å². The Kier molecular flexibility index (Phi) is 4.27. The van der Waals surface area contributed by atoms with Crippen LogP contribution in [-0.2, 0) is 0 Å². The van der Waals surface area contributed by atoms with E-state index in [1.54, 1.807) is 18.6 Å². The molecule has 0 bridgehead atoms. The summed E-state index contributed by atoms with van der Waals surface area (Å²) < 4.78 is 2.13. The Morgan fingerprint density at radius 2 is 1.40 bits per heavy atom. The summed E-state index contributed by atoms with van der Waals surface area (Å²) in [6.07, 6.45) is 0. The summed E-state index contributed by atoms with van der Waals surface area (Å²) in [5.41, 5.74) is 4.55. The SMILES string of the molecule is CN=c1nc(-c2cccc(-c3ccccc3)c2)n(-c2ccccc2)s1. The molecule has 0 saturated heterocycles. The van der Waals surface area contributed by atoms with Crippen molar-refractivity contribution >= 4 is 11.5 Å². The molecule has 0 aliphatic rings. The second kappa shape index (κ2) is 6.87. The van der Waals surface area contributed by atoms with Crippen molar-refractivity contribution in [2.24, 2.45) is 4.99 Å². The monoisotopic (exact) mass is 343 g/mol. The van der Waals surface area contributed by atoms with Crippen LogP contribution < -0.4 is 4.80 Å². The molecule has 0 N–H and O–H groups in total. The molecule has 1 heterocycles. The molecule has 4 rings (SSSR count). The molecule has 4 heteroatoms. The van der Waals surface area contributed by atoms with Gasteiger partial charge in [0.15, 0.2) is 5.82 Å². The van der Waals surface area contributed by atoms with Crippen LogP contribution in [-0.4, -0.2) is 16.0 Å². The highest BCUT2D eigenvalue weighted by Gasteiger charge is 2.11. The molecule has 0 aliphatic carbocycles. The van der Waals surface area contributed by atoms with Crippen LogP contribution in [0.25, 0.3) is 28.2 Å². The van der Waals surface area contributed by atoms with Crippen molar-refractivity contribution in [2.45, 2.75) is 0 Å². The van der Waals surface area contributed by atoms with Crippen molar-refractivity contribution < 1.29 is 0 Å². The van der Waals surface area contributed by atoms with Gasteiger partial charge < -0.3 is 0 Å². The fraction of sp³-hybridized carbons (Fsp3) is 0.0476. The molecule has 0 aliphatic heterocycles. The molecular weight excluding hydrogens is 326 g/mol. The fourth-order valence-electron chi connectivity index (χ4n) is 2.76. The average Bonchev–Trinajstić information content (AvgIpc) is 3.14. The maximum atomic E-state index is 4.72. The Morgan fingerprint density at radius 3 is 2.12 bits per heavy atom. The lowest BCUT2D eigenvalue weighted by Crippen LogP contribution is -1.97. The minimum atomic E-state index is 0.768. The maximum Gasteiger partial charge on any atom is 0.222 e. The van der Waals surface area contributed by atoms with E-state index in [9.17, 15) is 0 Å². The summed E-state index contributed by atoms with van der Waals surface area (Å²) in [7, 11) is 1.78. The van der Waals surface area contributed by atoms with Gasteiger partial charge in [-0.3, -0.25) is 4.99 Å². The van der Waals surface area contributed by atoms with Gasteiger partial charge in [0.2, 0.25) is 4.80 Å². The van der Waals surface area contributed by atoms with Gasteiger partial charge >= 0.3 is 0 Å². The van der Waals surface area contributed by atoms with Crippen LogP contribution in [0.1, 0.15) is 0 Å². The zero-order valence-corrected chi connectivity index (χ0v) is 14.6. The summed E-state index contributed by atoms with van der Waals surface area (Å²) in [5, 5.41) is 0. The smallest absolute Gasteiger partial charge is 0.222 e. The van der Waals surface area contributed by atoms with Gasteiger partial charge in [0.25, 0.3) is 0 Å². The Hall–Kier alpha value is -2.98. The molecule has 0 saturated carbocycles. The zero-order chi connectivity index (χ0) is 17.1. The Balaban J connectivity index is 1.87. The Morgan fingerprint density at radius 1 is 0.760 bits per heavy atom. The lowest BCUT2D eigenvalue weighted by molar-refractivity contribution is 1.12. The van der Waals surface area contributed by atoms with Crippen LogP contribution in [0, 0.1) is 0 Å². The summed E-state index contributed by atoms with van der Waals surface area (Å²) >= 11 is 1.55. The third-order valence-electron chi connectivity index (χ3n) is 3.98. The van der Waals surface area contributed by atoms with E-state index in [0.717, 1.165) is 21.9 Å². The molecule has 3 aromatic carbocycles. The quantitative estimate of drug-likeness (QED) is 0.525. The van der Waals surface area contributed by atoms with Crippen molar-refractivity contribution in [1.82, 2.24) is 8.94 Å². The first-order valence-corrected chi connectivity index (χ1v) is 8.87. The zero-order valence-electron chi connectivity index (χ0n) is 13.8. The van der Waals surface area contributed by atoms with Gasteiger partial charge in [-0.05, 0) is 40.9 Å². The summed E-state index contributed by atoms with van der Waals surface area (Å²) in [5.74, 6) is 0.912. The van der Waals surface area contributed by atoms with E-state index in [1.165, 1.54) is 11.1 Å². The highest BCUT2D eigenvalue weighted by atomic mass is 32.1. The minimum Gasteiger partial charge on any atom is -0.260 e. The van der Waals surface area contributed by atoms with Gasteiger partial charge in [-0.1, -0.05) is 66.7 Å². The first kappa shape index (κ1) is 15.5. The van der Waals surface area contributed by atoms with E-state index in [2.05, 4.69) is 69.6 Å². The van der Waals surface area contributed by atoms with E-state index >= 15 is 0 Å². The van der Waals surface area contributed by atoms with Gasteiger partial charge in [-0.2, -0.15) is 4.98 Å². The van der Waals surface area contributed by atoms with E-state index in [-0.39, 0.29) is 0 Å². The van der Waals surface area contributed by atoms with E-state index in [4.69, 9.17) is 4.98 Å². The first-order valence-electron chi connectivity index (χ1n) is 8.09. The van der Waals surface area contributed by atoms with Crippen molar-refractivity contribution in [3.8, 4) is 28.2 Å². The molecule has 0 fully saturated rings. The lowest BCUT2D eigenvalue weighted by atomic mass is 10.0. The van der Waals surface area contributed by atoms with E-state index in [0.29, 0.717) is 0 Å². The molecule has 1 aromatic heterocycles. The van der Waals surface area contributed by atoms with Crippen LogP contribution in [0.2, 0.25) is 0 Å². The molecule has 4 aromatic rings. The van der Waals surface area contributed by atoms with Crippen molar-refractivity contribution in [1.29, 1.82) is 0 Å². The molecule has 25 heavy (non-hydrogen) atoms. The highest BCUT2D eigenvalue weighted by Crippen LogP contribution is 2.27. The molecule has 0 unspecified atom stereocenters. The topological polar surface area (TPSA) is 30.2 Å². The van der Waals surface area contributed by atoms with E-state index < -0.39 is 0 Å². The highest BCUT2D eigenvalue weighted by molar-refractivity contribution is 7.04. The Bertz CT molecular complexity index is 1050. The third kappa shape index (κ3) is 3.16. The number of benzene rings is 3. The standard InChI is InChI=1S/C21H17N3S/c1-22-21-23-20(24(25-21)19-13-6-3-7-14-19)18-12-8-11-17(15-18)16-9-4-2-5-10-16/h2-15H,1H3. The van der Waals surface area contributed by atoms with Gasteiger partial charge in [-0.15, -0.1) is 0 Å². The van der Waals surface area contributed by atoms with Crippen LogP contribution in [0.5, 0.6) is 0 Å². The average molecular weight is 343 g/mol. The third-order valence-corrected chi connectivity index (χ3v) is 4.98. The van der Waals surface area contributed by atoms with Gasteiger partial charge in [-0.25, -0.2) is 3.96 Å². The second-order valence-electron chi connectivity index (χ2n) is 5.61. The van der Waals surface area contributed by atoms with Crippen molar-refractivity contribution in [3.05, 3.63) is 89.7 Å². The van der Waals surface area contributed by atoms with Crippen molar-refractivity contribution in [2.75, 3.05) is 7.05 Å². The molecule has 0 radical (unpaired) electrons. The van der Waals surface area contributed by atoms with Gasteiger partial charge in [0.05, 0.1) is 5.69 Å². The largest absolute Gasteiger partial charge is 0.260 e. The van der Waals surface area contributed by atoms with Crippen LogP contribution in [0.15, 0.2) is 89.9 Å². The normalized spacial score (nSPS) is 11.6. The first-order chi connectivity index (χ1) is 12.3. The Labute approximate surface area is 150 Å². The molecule has 0 spiro atoms. The number of hydrogen-bond acceptors (Lipinski definition) is 3. The van der Waals surface area contributed by atoms with Crippen LogP contribution in [0.3, 0.4) is 0 Å². The number of rotatable bonds is 3. The number of aromatic nitrogens is 2. The van der Waals surface area contributed by atoms with E-state index in [1.807, 2.05) is 24.3 Å². The second-order valence-corrected chi connectivity index (χ2v) is 6.52. The fourth-order valence-corrected chi connectivity index (χ4v) is 3.59. The molecule has 122 valence electrons. The van der Waals surface area contributed by atoms with Gasteiger partial charge in [0.1, 0.15) is 0 Å². The lowest BCUT2D eigenvalue weighted by Gasteiger charge is -2.08. The molecule has 0 amide bonds. The summed E-state index contributed by atoms with van der Waals surface area (Å²) in [6.45, 7) is 0. The van der Waals surface area contributed by atoms with Crippen LogP contribution in [0.4, 0.5) is 0 Å². The number of nitrogens with zero attached hydrogens (tertiary/aromatic N) is 3. The predicted molar refractivity (Wildman–Crippen MR) is 104 cm³/mol. The van der Waals surface area contributed by atoms with Gasteiger partial charge in [0, 0.05) is 12.6 Å². The summed E-state index contributed by atoms with van der Waals surface area (Å²) in [6, 6.07) is 29.1. The molecular formula is C21H17N3S. The number of para-hydroxylation sites is 1. The molecule has 3 nitrogen and oxygen atoms in total.